The van der Waals surface area contributed by atoms with Crippen molar-refractivity contribution in [3.05, 3.63) is 39.9 Å². The molecular weight excluding hydrogens is 240 g/mol. The Hall–Kier alpha value is -1.42. The van der Waals surface area contributed by atoms with E-state index in [9.17, 15) is 10.1 Å². The monoisotopic (exact) mass is 262 g/mol. The Labute approximate surface area is 114 Å². The molecule has 1 saturated carbocycles. The van der Waals surface area contributed by atoms with Crippen LogP contribution in [0.25, 0.3) is 0 Å². The highest BCUT2D eigenvalue weighted by atomic mass is 16.6. The van der Waals surface area contributed by atoms with Crippen LogP contribution in [0, 0.1) is 22.0 Å². The third kappa shape index (κ3) is 3.53. The highest BCUT2D eigenvalue weighted by Crippen LogP contribution is 2.29. The second-order valence-corrected chi connectivity index (χ2v) is 5.68. The molecule has 0 bridgehead atoms. The summed E-state index contributed by atoms with van der Waals surface area (Å²) in [6.45, 7) is 5.32. The molecule has 1 aromatic carbocycles. The van der Waals surface area contributed by atoms with Crippen molar-refractivity contribution in [3.8, 4) is 0 Å². The first-order chi connectivity index (χ1) is 9.08. The molecule has 3 atom stereocenters. The second-order valence-electron chi connectivity index (χ2n) is 5.68. The molecule has 1 aromatic rings. The van der Waals surface area contributed by atoms with E-state index < -0.39 is 0 Å². The zero-order valence-electron chi connectivity index (χ0n) is 11.6. The number of hydrogen-bond acceptors (Lipinski definition) is 3. The van der Waals surface area contributed by atoms with Crippen molar-refractivity contribution in [2.45, 2.75) is 45.7 Å². The lowest BCUT2D eigenvalue weighted by Crippen LogP contribution is -2.40. The van der Waals surface area contributed by atoms with Crippen LogP contribution in [0.4, 0.5) is 5.69 Å². The molecule has 3 unspecified atom stereocenters. The minimum Gasteiger partial charge on any atom is -0.310 e. The van der Waals surface area contributed by atoms with Crippen LogP contribution in [-0.4, -0.2) is 11.0 Å². The third-order valence-electron chi connectivity index (χ3n) is 4.40. The maximum absolute atomic E-state index is 10.7. The van der Waals surface area contributed by atoms with Crippen molar-refractivity contribution in [1.29, 1.82) is 0 Å². The summed E-state index contributed by atoms with van der Waals surface area (Å²) in [7, 11) is 0. The number of nitro groups is 1. The molecule has 0 aliphatic heterocycles. The summed E-state index contributed by atoms with van der Waals surface area (Å²) in [6, 6.07) is 7.42. The zero-order chi connectivity index (χ0) is 13.8. The molecule has 19 heavy (non-hydrogen) atoms. The van der Waals surface area contributed by atoms with Crippen molar-refractivity contribution in [2.75, 3.05) is 0 Å². The van der Waals surface area contributed by atoms with Crippen LogP contribution in [-0.2, 0) is 6.54 Å². The Balaban J connectivity index is 1.94. The Morgan fingerprint density at radius 1 is 1.37 bits per heavy atom. The van der Waals surface area contributed by atoms with Crippen molar-refractivity contribution in [2.24, 2.45) is 11.8 Å². The highest BCUT2D eigenvalue weighted by Gasteiger charge is 2.26. The smallest absolute Gasteiger partial charge is 0.269 e. The molecule has 2 rings (SSSR count). The first kappa shape index (κ1) is 14.0. The van der Waals surface area contributed by atoms with E-state index in [4.69, 9.17) is 0 Å². The predicted molar refractivity (Wildman–Crippen MR) is 75.9 cm³/mol. The molecule has 1 aliphatic carbocycles. The van der Waals surface area contributed by atoms with E-state index >= 15 is 0 Å². The minimum atomic E-state index is -0.338. The molecule has 0 radical (unpaired) electrons. The van der Waals surface area contributed by atoms with Gasteiger partial charge in [0, 0.05) is 24.7 Å². The number of rotatable bonds is 4. The van der Waals surface area contributed by atoms with E-state index in [0.29, 0.717) is 18.5 Å². The fraction of sp³-hybridized carbons (Fsp3) is 0.600. The molecular formula is C15H22N2O2. The average Bonchev–Trinajstić information content (AvgIpc) is 2.41. The van der Waals surface area contributed by atoms with Gasteiger partial charge in [-0.3, -0.25) is 10.1 Å². The van der Waals surface area contributed by atoms with Crippen LogP contribution in [0.5, 0.6) is 0 Å². The second kappa shape index (κ2) is 6.15. The number of nitrogens with one attached hydrogen (secondary N) is 1. The zero-order valence-corrected chi connectivity index (χ0v) is 11.6. The lowest BCUT2D eigenvalue weighted by atomic mass is 9.78. The number of hydrogen-bond donors (Lipinski definition) is 1. The highest BCUT2D eigenvalue weighted by molar-refractivity contribution is 5.34. The van der Waals surface area contributed by atoms with Gasteiger partial charge in [0.1, 0.15) is 0 Å². The quantitative estimate of drug-likeness (QED) is 0.667. The lowest BCUT2D eigenvalue weighted by Gasteiger charge is -2.34. The van der Waals surface area contributed by atoms with Gasteiger partial charge >= 0.3 is 0 Å². The molecule has 1 aliphatic rings. The summed E-state index contributed by atoms with van der Waals surface area (Å²) in [5, 5.41) is 14.3. The molecule has 104 valence electrons. The van der Waals surface area contributed by atoms with E-state index in [0.717, 1.165) is 11.5 Å². The van der Waals surface area contributed by atoms with E-state index in [-0.39, 0.29) is 10.6 Å². The van der Waals surface area contributed by atoms with Gasteiger partial charge in [-0.2, -0.15) is 0 Å². The average molecular weight is 262 g/mol. The first-order valence-electron chi connectivity index (χ1n) is 7.04. The lowest BCUT2D eigenvalue weighted by molar-refractivity contribution is -0.384. The molecule has 0 amide bonds. The van der Waals surface area contributed by atoms with Gasteiger partial charge in [0.2, 0.25) is 0 Å². The van der Waals surface area contributed by atoms with E-state index in [2.05, 4.69) is 19.2 Å². The minimum absolute atomic E-state index is 0.171. The predicted octanol–water partition coefficient (Wildman–Crippen LogP) is 3.51. The van der Waals surface area contributed by atoms with Crippen LogP contribution in [0.1, 0.15) is 38.7 Å². The van der Waals surface area contributed by atoms with Gasteiger partial charge in [-0.15, -0.1) is 0 Å². The summed E-state index contributed by atoms with van der Waals surface area (Å²) in [5.41, 5.74) is 1.16. The summed E-state index contributed by atoms with van der Waals surface area (Å²) < 4.78 is 0. The van der Waals surface area contributed by atoms with Gasteiger partial charge in [0.25, 0.3) is 5.69 Å². The van der Waals surface area contributed by atoms with Crippen molar-refractivity contribution >= 4 is 5.69 Å². The fourth-order valence-corrected chi connectivity index (χ4v) is 2.90. The summed E-state index contributed by atoms with van der Waals surface area (Å²) in [6.07, 6.45) is 3.80. The Kier molecular flexibility index (Phi) is 4.53. The van der Waals surface area contributed by atoms with E-state index in [1.165, 1.54) is 25.3 Å². The molecule has 0 heterocycles. The molecule has 1 N–H and O–H groups in total. The Morgan fingerprint density at radius 3 is 2.89 bits per heavy atom. The molecule has 0 aromatic heterocycles. The van der Waals surface area contributed by atoms with E-state index in [1.54, 1.807) is 12.1 Å². The molecule has 4 heteroatoms. The number of nitro benzene ring substituents is 1. The molecule has 0 saturated heterocycles. The number of non-ortho nitro benzene ring substituents is 1. The van der Waals surface area contributed by atoms with E-state index in [1.807, 2.05) is 6.07 Å². The van der Waals surface area contributed by atoms with Crippen molar-refractivity contribution in [3.63, 3.8) is 0 Å². The van der Waals surface area contributed by atoms with Crippen LogP contribution < -0.4 is 5.32 Å². The Bertz CT molecular complexity index is 448. The third-order valence-corrected chi connectivity index (χ3v) is 4.40. The van der Waals surface area contributed by atoms with Gasteiger partial charge in [-0.1, -0.05) is 38.8 Å². The molecule has 4 nitrogen and oxygen atoms in total. The van der Waals surface area contributed by atoms with Gasteiger partial charge < -0.3 is 5.32 Å². The Morgan fingerprint density at radius 2 is 2.16 bits per heavy atom. The molecule has 1 fully saturated rings. The normalized spacial score (nSPS) is 27.2. The maximum atomic E-state index is 10.7. The number of nitrogens with zero attached hydrogens (tertiary/aromatic N) is 1. The first-order valence-corrected chi connectivity index (χ1v) is 7.04. The standard InChI is InChI=1S/C15H22N2O2/c1-11-5-3-8-15(12(11)2)16-10-13-6-4-7-14(9-13)17(18)19/h4,6-7,9,11-12,15-16H,3,5,8,10H2,1-2H3. The summed E-state index contributed by atoms with van der Waals surface area (Å²) in [5.74, 6) is 1.43. The van der Waals surface area contributed by atoms with Gasteiger partial charge in [-0.25, -0.2) is 0 Å². The largest absolute Gasteiger partial charge is 0.310 e. The number of benzene rings is 1. The SMILES string of the molecule is CC1CCCC(NCc2cccc([N+](=O)[O-])c2)C1C. The summed E-state index contributed by atoms with van der Waals surface area (Å²) >= 11 is 0. The van der Waals surface area contributed by atoms with Crippen LogP contribution in [0.15, 0.2) is 24.3 Å². The van der Waals surface area contributed by atoms with Crippen molar-refractivity contribution < 1.29 is 4.92 Å². The van der Waals surface area contributed by atoms with Gasteiger partial charge in [-0.05, 0) is 23.8 Å². The topological polar surface area (TPSA) is 55.2 Å². The van der Waals surface area contributed by atoms with Crippen LogP contribution in [0.2, 0.25) is 0 Å². The molecule has 0 spiro atoms. The fourth-order valence-electron chi connectivity index (χ4n) is 2.90. The maximum Gasteiger partial charge on any atom is 0.269 e. The van der Waals surface area contributed by atoms with Gasteiger partial charge in [0.15, 0.2) is 0 Å². The van der Waals surface area contributed by atoms with Crippen LogP contribution >= 0.6 is 0 Å². The summed E-state index contributed by atoms with van der Waals surface area (Å²) in [4.78, 5) is 10.4. The van der Waals surface area contributed by atoms with Crippen LogP contribution in [0.3, 0.4) is 0 Å². The van der Waals surface area contributed by atoms with Crippen molar-refractivity contribution in [1.82, 2.24) is 5.32 Å². The van der Waals surface area contributed by atoms with Gasteiger partial charge in [0.05, 0.1) is 4.92 Å².